The summed E-state index contributed by atoms with van der Waals surface area (Å²) in [6.45, 7) is 4.20. The van der Waals surface area contributed by atoms with Crippen molar-refractivity contribution in [2.45, 2.75) is 13.8 Å². The minimum Gasteiger partial charge on any atom is -0.453 e. The van der Waals surface area contributed by atoms with Crippen LogP contribution in [0.25, 0.3) is 44.3 Å². The molecule has 9 aromatic rings. The number of fused-ring (bicyclic) bond motifs is 2. The van der Waals surface area contributed by atoms with E-state index in [2.05, 4.69) is 116 Å². The minimum atomic E-state index is 0.166. The maximum atomic E-state index is 6.53. The summed E-state index contributed by atoms with van der Waals surface area (Å²) < 4.78 is 13.0. The molecule has 8 aromatic carbocycles. The lowest BCUT2D eigenvalue weighted by atomic mass is 10.0. The fourth-order valence-electron chi connectivity index (χ4n) is 6.83. The fraction of sp³-hybridized carbons (Fsp3) is 0.0408. The summed E-state index contributed by atoms with van der Waals surface area (Å²) in [6.07, 6.45) is 0. The van der Waals surface area contributed by atoms with E-state index in [0.717, 1.165) is 49.7 Å². The van der Waals surface area contributed by atoms with Crippen LogP contribution in [0, 0.1) is 13.8 Å². The van der Waals surface area contributed by atoms with E-state index in [9.17, 15) is 0 Å². The highest BCUT2D eigenvalue weighted by molar-refractivity contribution is 5.97. The number of hydrogen-bond acceptors (Lipinski definition) is 6. The highest BCUT2D eigenvalue weighted by Gasteiger charge is 2.18. The average Bonchev–Trinajstić information content (AvgIpc) is 3.23. The van der Waals surface area contributed by atoms with Crippen LogP contribution in [0.1, 0.15) is 11.1 Å². The second-order valence-corrected chi connectivity index (χ2v) is 13.5. The number of para-hydroxylation sites is 2. The first-order chi connectivity index (χ1) is 27.1. The third-order valence-corrected chi connectivity index (χ3v) is 9.63. The van der Waals surface area contributed by atoms with Crippen molar-refractivity contribution < 1.29 is 9.47 Å². The summed E-state index contributed by atoms with van der Waals surface area (Å²) in [5.74, 6) is 2.71. The van der Waals surface area contributed by atoms with Crippen LogP contribution in [0.5, 0.6) is 23.3 Å². The number of ether oxygens (including phenoxy) is 2. The van der Waals surface area contributed by atoms with Gasteiger partial charge in [0.25, 0.3) is 0 Å². The molecule has 0 saturated carbocycles. The van der Waals surface area contributed by atoms with Gasteiger partial charge in [-0.1, -0.05) is 132 Å². The van der Waals surface area contributed by atoms with Crippen LogP contribution >= 0.6 is 0 Å². The molecule has 0 aliphatic carbocycles. The molecular formula is C49H36N4O2. The molecule has 0 radical (unpaired) electrons. The molecule has 6 nitrogen and oxygen atoms in total. The van der Waals surface area contributed by atoms with E-state index in [0.29, 0.717) is 28.9 Å². The Hall–Kier alpha value is -7.31. The van der Waals surface area contributed by atoms with Gasteiger partial charge < -0.3 is 14.4 Å². The number of benzene rings is 8. The van der Waals surface area contributed by atoms with Gasteiger partial charge in [0.2, 0.25) is 0 Å². The van der Waals surface area contributed by atoms with Crippen LogP contribution in [0.2, 0.25) is 0 Å². The molecule has 0 N–H and O–H groups in total. The number of aryl methyl sites for hydroxylation is 2. The molecule has 55 heavy (non-hydrogen) atoms. The van der Waals surface area contributed by atoms with E-state index in [-0.39, 0.29) is 6.01 Å². The Labute approximate surface area is 320 Å². The standard InChI is InChI=1S/C49H36N4O2/c1-33-21-25-37(26-22-33)53(38-27-23-34(2)24-28-38)39-29-31-40(32-30-39)54-45-19-7-8-20-46(45)55-49-51-47(43-17-9-13-35-11-3-5-15-41(35)43)50-48(52-49)44-18-10-14-36-12-4-6-16-42(36)44/h3-32H,1-2H3. The predicted octanol–water partition coefficient (Wildman–Crippen LogP) is 13.2. The van der Waals surface area contributed by atoms with Crippen molar-refractivity contribution in [1.29, 1.82) is 0 Å². The maximum absolute atomic E-state index is 6.53. The average molecular weight is 713 g/mol. The third-order valence-electron chi connectivity index (χ3n) is 9.63. The number of rotatable bonds is 9. The molecule has 0 bridgehead atoms. The van der Waals surface area contributed by atoms with Crippen molar-refractivity contribution in [2.24, 2.45) is 0 Å². The Bertz CT molecular complexity index is 2630. The lowest BCUT2D eigenvalue weighted by Crippen LogP contribution is -2.09. The number of aromatic nitrogens is 3. The molecule has 0 fully saturated rings. The number of anilines is 3. The normalized spacial score (nSPS) is 11.1. The highest BCUT2D eigenvalue weighted by Crippen LogP contribution is 2.39. The molecule has 6 heteroatoms. The van der Waals surface area contributed by atoms with Gasteiger partial charge in [-0.05, 0) is 96.1 Å². The second kappa shape index (κ2) is 14.6. The molecule has 0 amide bonds. The first-order valence-corrected chi connectivity index (χ1v) is 18.3. The topological polar surface area (TPSA) is 60.4 Å². The van der Waals surface area contributed by atoms with E-state index < -0.39 is 0 Å². The van der Waals surface area contributed by atoms with E-state index in [1.54, 1.807) is 0 Å². The van der Waals surface area contributed by atoms with Crippen molar-refractivity contribution in [2.75, 3.05) is 4.90 Å². The zero-order valence-corrected chi connectivity index (χ0v) is 30.4. The molecular weight excluding hydrogens is 677 g/mol. The molecule has 0 aliphatic heterocycles. The molecule has 0 aliphatic rings. The van der Waals surface area contributed by atoms with Gasteiger partial charge in [-0.15, -0.1) is 0 Å². The first kappa shape index (κ1) is 33.5. The first-order valence-electron chi connectivity index (χ1n) is 18.3. The summed E-state index contributed by atoms with van der Waals surface area (Å²) in [6, 6.07) is 61.7. The quantitative estimate of drug-likeness (QED) is 0.148. The van der Waals surface area contributed by atoms with Crippen molar-refractivity contribution in [3.05, 3.63) is 193 Å². The molecule has 0 saturated heterocycles. The molecule has 0 atom stereocenters. The van der Waals surface area contributed by atoms with E-state index in [1.165, 1.54) is 11.1 Å². The summed E-state index contributed by atoms with van der Waals surface area (Å²) in [5.41, 5.74) is 7.36. The Balaban J connectivity index is 1.07. The number of nitrogens with zero attached hydrogens (tertiary/aromatic N) is 4. The van der Waals surface area contributed by atoms with Crippen LogP contribution in [0.4, 0.5) is 17.1 Å². The predicted molar refractivity (Wildman–Crippen MR) is 223 cm³/mol. The minimum absolute atomic E-state index is 0.166. The molecule has 0 unspecified atom stereocenters. The van der Waals surface area contributed by atoms with E-state index >= 15 is 0 Å². The second-order valence-electron chi connectivity index (χ2n) is 13.5. The Morgan fingerprint density at radius 3 is 1.31 bits per heavy atom. The number of hydrogen-bond donors (Lipinski definition) is 0. The molecule has 9 rings (SSSR count). The van der Waals surface area contributed by atoms with Crippen LogP contribution in [0.3, 0.4) is 0 Å². The summed E-state index contributed by atoms with van der Waals surface area (Å²) in [4.78, 5) is 17.1. The molecule has 1 aromatic heterocycles. The van der Waals surface area contributed by atoms with Crippen LogP contribution in [-0.2, 0) is 0 Å². The van der Waals surface area contributed by atoms with Crippen molar-refractivity contribution >= 4 is 38.6 Å². The van der Waals surface area contributed by atoms with Crippen LogP contribution in [0.15, 0.2) is 182 Å². The highest BCUT2D eigenvalue weighted by atomic mass is 16.5. The van der Waals surface area contributed by atoms with Gasteiger partial charge in [0.15, 0.2) is 23.1 Å². The summed E-state index contributed by atoms with van der Waals surface area (Å²) in [7, 11) is 0. The smallest absolute Gasteiger partial charge is 0.326 e. The van der Waals surface area contributed by atoms with Crippen molar-refractivity contribution in [1.82, 2.24) is 15.0 Å². The Morgan fingerprint density at radius 1 is 0.382 bits per heavy atom. The van der Waals surface area contributed by atoms with Crippen LogP contribution < -0.4 is 14.4 Å². The van der Waals surface area contributed by atoms with Gasteiger partial charge in [0.05, 0.1) is 0 Å². The van der Waals surface area contributed by atoms with Crippen molar-refractivity contribution in [3.63, 3.8) is 0 Å². The lowest BCUT2D eigenvalue weighted by molar-refractivity contribution is 0.398. The Kier molecular flexibility index (Phi) is 8.90. The van der Waals surface area contributed by atoms with Gasteiger partial charge in [-0.25, -0.2) is 4.98 Å². The molecule has 264 valence electrons. The monoisotopic (exact) mass is 712 g/mol. The maximum Gasteiger partial charge on any atom is 0.326 e. The van der Waals surface area contributed by atoms with Crippen molar-refractivity contribution in [3.8, 4) is 46.0 Å². The summed E-state index contributed by atoms with van der Waals surface area (Å²) >= 11 is 0. The molecule has 0 spiro atoms. The third kappa shape index (κ3) is 6.97. The van der Waals surface area contributed by atoms with Gasteiger partial charge in [0, 0.05) is 28.2 Å². The fourth-order valence-corrected chi connectivity index (χ4v) is 6.83. The van der Waals surface area contributed by atoms with E-state index in [1.807, 2.05) is 84.9 Å². The molecule has 1 heterocycles. The SMILES string of the molecule is Cc1ccc(N(c2ccc(C)cc2)c2ccc(Oc3ccccc3Oc3nc(-c4cccc5ccccc45)nc(-c4cccc5ccccc45)n3)cc2)cc1. The zero-order chi connectivity index (χ0) is 37.1. The van der Waals surface area contributed by atoms with Gasteiger partial charge in [-0.3, -0.25) is 0 Å². The largest absolute Gasteiger partial charge is 0.453 e. The van der Waals surface area contributed by atoms with Gasteiger partial charge >= 0.3 is 6.01 Å². The van der Waals surface area contributed by atoms with E-state index in [4.69, 9.17) is 24.4 Å². The Morgan fingerprint density at radius 2 is 0.800 bits per heavy atom. The van der Waals surface area contributed by atoms with Crippen LogP contribution in [-0.4, -0.2) is 15.0 Å². The lowest BCUT2D eigenvalue weighted by Gasteiger charge is -2.26. The van der Waals surface area contributed by atoms with Gasteiger partial charge in [0.1, 0.15) is 5.75 Å². The van der Waals surface area contributed by atoms with Gasteiger partial charge in [-0.2, -0.15) is 9.97 Å². The zero-order valence-electron chi connectivity index (χ0n) is 30.4. The summed E-state index contributed by atoms with van der Waals surface area (Å²) in [5, 5.41) is 4.28.